The number of hydrogen-bond acceptors (Lipinski definition) is 6. The molecule has 2 heterocycles. The van der Waals surface area contributed by atoms with E-state index in [1.807, 2.05) is 53.9 Å². The maximum Gasteiger partial charge on any atom is 0.257 e. The van der Waals surface area contributed by atoms with Crippen molar-refractivity contribution in [2.75, 3.05) is 12.4 Å². The van der Waals surface area contributed by atoms with Crippen LogP contribution in [0.1, 0.15) is 24.2 Å². The second-order valence-corrected chi connectivity index (χ2v) is 9.18. The number of anilines is 1. The van der Waals surface area contributed by atoms with Crippen molar-refractivity contribution in [3.8, 4) is 17.2 Å². The molecule has 0 aliphatic rings. The third-order valence-corrected chi connectivity index (χ3v) is 5.97. The summed E-state index contributed by atoms with van der Waals surface area (Å²) in [4.78, 5) is 18.2. The summed E-state index contributed by atoms with van der Waals surface area (Å²) in [5.41, 5.74) is 1.96. The summed E-state index contributed by atoms with van der Waals surface area (Å²) in [6.45, 7) is 4.28. The predicted octanol–water partition coefficient (Wildman–Crippen LogP) is 6.32. The number of amides is 1. The van der Waals surface area contributed by atoms with E-state index in [-0.39, 0.29) is 5.91 Å². The number of rotatable bonds is 6. The molecule has 5 nitrogen and oxygen atoms in total. The average molecular weight is 425 g/mol. The third-order valence-electron chi connectivity index (χ3n) is 4.19. The first-order chi connectivity index (χ1) is 14.0. The first-order valence-electron chi connectivity index (χ1n) is 9.14. The number of fused-ring (bicyclic) bond motifs is 1. The fourth-order valence-corrected chi connectivity index (χ4v) is 4.43. The summed E-state index contributed by atoms with van der Waals surface area (Å²) in [6, 6.07) is 15.2. The summed E-state index contributed by atoms with van der Waals surface area (Å²) >= 11 is 3.13. The molecule has 0 bridgehead atoms. The fraction of sp³-hybridized carbons (Fsp3) is 0.182. The van der Waals surface area contributed by atoms with E-state index in [4.69, 9.17) is 9.15 Å². The Morgan fingerprint density at radius 3 is 2.72 bits per heavy atom. The van der Waals surface area contributed by atoms with Crippen LogP contribution in [0.15, 0.2) is 63.2 Å². The smallest absolute Gasteiger partial charge is 0.257 e. The van der Waals surface area contributed by atoms with Crippen LogP contribution in [-0.4, -0.2) is 23.3 Å². The van der Waals surface area contributed by atoms with E-state index >= 15 is 0 Å². The number of carbonyl (C=O) groups excluding carboxylic acids is 1. The van der Waals surface area contributed by atoms with Crippen LogP contribution in [-0.2, 0) is 0 Å². The number of carbonyl (C=O) groups is 1. The molecule has 0 saturated carbocycles. The average Bonchev–Trinajstić information content (AvgIpc) is 3.34. The van der Waals surface area contributed by atoms with Gasteiger partial charge < -0.3 is 9.15 Å². The van der Waals surface area contributed by atoms with E-state index in [1.165, 1.54) is 11.3 Å². The molecule has 0 atom stereocenters. The lowest BCUT2D eigenvalue weighted by Crippen LogP contribution is -2.11. The molecule has 1 N–H and O–H groups in total. The zero-order chi connectivity index (χ0) is 20.4. The molecule has 0 radical (unpaired) electrons. The zero-order valence-corrected chi connectivity index (χ0v) is 17.9. The largest absolute Gasteiger partial charge is 0.493 e. The number of furan rings is 1. The van der Waals surface area contributed by atoms with Gasteiger partial charge in [0.15, 0.2) is 22.2 Å². The highest BCUT2D eigenvalue weighted by atomic mass is 32.2. The molecule has 0 aliphatic carbocycles. The number of thiazole rings is 1. The Balaban J connectivity index is 1.50. The molecule has 2 aromatic carbocycles. The Bertz CT molecular complexity index is 1150. The predicted molar refractivity (Wildman–Crippen MR) is 119 cm³/mol. The monoisotopic (exact) mass is 424 g/mol. The highest BCUT2D eigenvalue weighted by molar-refractivity contribution is 7.99. The number of methoxy groups -OCH3 is 1. The molecule has 0 fully saturated rings. The minimum absolute atomic E-state index is 0.182. The molecule has 0 aliphatic heterocycles. The first kappa shape index (κ1) is 19.5. The Hall–Kier alpha value is -2.77. The van der Waals surface area contributed by atoms with Gasteiger partial charge in [-0.2, -0.15) is 0 Å². The Labute approximate surface area is 177 Å². The lowest BCUT2D eigenvalue weighted by atomic mass is 10.2. The Morgan fingerprint density at radius 2 is 2.00 bits per heavy atom. The van der Waals surface area contributed by atoms with Crippen LogP contribution in [0, 0.1) is 0 Å². The number of thioether (sulfide) groups is 1. The van der Waals surface area contributed by atoms with Crippen molar-refractivity contribution in [3.63, 3.8) is 0 Å². The van der Waals surface area contributed by atoms with Crippen LogP contribution >= 0.6 is 23.1 Å². The summed E-state index contributed by atoms with van der Waals surface area (Å²) in [5.74, 6) is 1.13. The minimum atomic E-state index is -0.182. The zero-order valence-electron chi connectivity index (χ0n) is 16.3. The summed E-state index contributed by atoms with van der Waals surface area (Å²) in [6.07, 6.45) is 0. The maximum absolute atomic E-state index is 12.5. The van der Waals surface area contributed by atoms with Gasteiger partial charge in [-0.1, -0.05) is 26.0 Å². The number of nitrogens with zero attached hydrogens (tertiary/aromatic N) is 1. The third kappa shape index (κ3) is 4.31. The van der Waals surface area contributed by atoms with Gasteiger partial charge in [0.25, 0.3) is 5.91 Å². The van der Waals surface area contributed by atoms with Gasteiger partial charge in [0, 0.05) is 26.5 Å². The number of aromatic nitrogens is 1. The molecule has 0 spiro atoms. The molecule has 2 aromatic heterocycles. The van der Waals surface area contributed by atoms with Gasteiger partial charge >= 0.3 is 0 Å². The molecule has 0 saturated heterocycles. The number of para-hydroxylation sites is 1. The number of ether oxygens (including phenoxy) is 1. The number of benzene rings is 2. The summed E-state index contributed by atoms with van der Waals surface area (Å²) in [5, 5.41) is 6.69. The number of hydrogen-bond donors (Lipinski definition) is 1. The maximum atomic E-state index is 12.5. The van der Waals surface area contributed by atoms with E-state index in [0.717, 1.165) is 10.3 Å². The lowest BCUT2D eigenvalue weighted by molar-refractivity contribution is 0.102. The van der Waals surface area contributed by atoms with Crippen molar-refractivity contribution in [1.29, 1.82) is 0 Å². The van der Waals surface area contributed by atoms with Gasteiger partial charge in [-0.15, -0.1) is 23.1 Å². The molecule has 4 aromatic rings. The summed E-state index contributed by atoms with van der Waals surface area (Å²) in [7, 11) is 1.61. The lowest BCUT2D eigenvalue weighted by Gasteiger charge is -2.06. The first-order valence-corrected chi connectivity index (χ1v) is 10.9. The standard InChI is InChI=1S/C22H20N2O3S2/c1-13(2)29-16-9-7-14(8-10-16)21(25)24-22-23-17(12-28-22)19-11-15-5-4-6-18(26-3)20(15)27-19/h4-13H,1-3H3,(H,23,24,25). The van der Waals surface area contributed by atoms with Crippen molar-refractivity contribution in [3.05, 3.63) is 59.5 Å². The van der Waals surface area contributed by atoms with Gasteiger partial charge in [0.05, 0.1) is 7.11 Å². The van der Waals surface area contributed by atoms with Crippen molar-refractivity contribution in [2.24, 2.45) is 0 Å². The van der Waals surface area contributed by atoms with Crippen molar-refractivity contribution in [1.82, 2.24) is 4.98 Å². The van der Waals surface area contributed by atoms with Crippen LogP contribution < -0.4 is 10.1 Å². The van der Waals surface area contributed by atoms with E-state index in [9.17, 15) is 4.79 Å². The molecule has 4 rings (SSSR count). The van der Waals surface area contributed by atoms with Gasteiger partial charge in [0.1, 0.15) is 5.69 Å². The second-order valence-electron chi connectivity index (χ2n) is 6.67. The van der Waals surface area contributed by atoms with Crippen LogP contribution in [0.25, 0.3) is 22.4 Å². The second kappa shape index (κ2) is 8.31. The van der Waals surface area contributed by atoms with E-state index < -0.39 is 0 Å². The fourth-order valence-electron chi connectivity index (χ4n) is 2.89. The summed E-state index contributed by atoms with van der Waals surface area (Å²) < 4.78 is 11.3. The topological polar surface area (TPSA) is 64.4 Å². The highest BCUT2D eigenvalue weighted by Crippen LogP contribution is 2.34. The van der Waals surface area contributed by atoms with E-state index in [0.29, 0.717) is 38.7 Å². The highest BCUT2D eigenvalue weighted by Gasteiger charge is 2.14. The Morgan fingerprint density at radius 1 is 1.21 bits per heavy atom. The molecule has 0 unspecified atom stereocenters. The van der Waals surface area contributed by atoms with Gasteiger partial charge in [-0.25, -0.2) is 4.98 Å². The Kier molecular flexibility index (Phi) is 5.60. The normalized spacial score (nSPS) is 11.2. The van der Waals surface area contributed by atoms with Crippen molar-refractivity contribution < 1.29 is 13.9 Å². The van der Waals surface area contributed by atoms with E-state index in [2.05, 4.69) is 24.1 Å². The number of nitrogens with one attached hydrogen (secondary N) is 1. The van der Waals surface area contributed by atoms with Crippen LogP contribution in [0.3, 0.4) is 0 Å². The van der Waals surface area contributed by atoms with Gasteiger partial charge in [0.2, 0.25) is 0 Å². The quantitative estimate of drug-likeness (QED) is 0.367. The molecule has 148 valence electrons. The van der Waals surface area contributed by atoms with Gasteiger partial charge in [-0.3, -0.25) is 10.1 Å². The van der Waals surface area contributed by atoms with Crippen molar-refractivity contribution >= 4 is 45.1 Å². The van der Waals surface area contributed by atoms with E-state index in [1.54, 1.807) is 18.9 Å². The molecule has 29 heavy (non-hydrogen) atoms. The minimum Gasteiger partial charge on any atom is -0.493 e. The molecular weight excluding hydrogens is 404 g/mol. The van der Waals surface area contributed by atoms with Crippen molar-refractivity contribution in [2.45, 2.75) is 24.0 Å². The van der Waals surface area contributed by atoms with Gasteiger partial charge in [-0.05, 0) is 36.4 Å². The SMILES string of the molecule is COc1cccc2cc(-c3csc(NC(=O)c4ccc(SC(C)C)cc4)n3)oc12. The van der Waals surface area contributed by atoms with Crippen LogP contribution in [0.5, 0.6) is 5.75 Å². The molecular formula is C22H20N2O3S2. The molecule has 7 heteroatoms. The van der Waals surface area contributed by atoms with Crippen LogP contribution in [0.2, 0.25) is 0 Å². The molecule has 1 amide bonds. The van der Waals surface area contributed by atoms with Crippen LogP contribution in [0.4, 0.5) is 5.13 Å².